The fraction of sp³-hybridized carbons (Fsp3) is 0.419. The molecule has 0 radical (unpaired) electrons. The van der Waals surface area contributed by atoms with Gasteiger partial charge in [-0.15, -0.1) is 0 Å². The normalized spacial score (nSPS) is 24.3. The van der Waals surface area contributed by atoms with Crippen LogP contribution in [0, 0.1) is 6.92 Å². The summed E-state index contributed by atoms with van der Waals surface area (Å²) >= 11 is 0. The van der Waals surface area contributed by atoms with Gasteiger partial charge in [0.25, 0.3) is 25.6 Å². The van der Waals surface area contributed by atoms with Crippen molar-refractivity contribution in [1.82, 2.24) is 4.48 Å². The van der Waals surface area contributed by atoms with Crippen LogP contribution in [0.4, 0.5) is 5.69 Å². The molecule has 3 N–H and O–H groups in total. The van der Waals surface area contributed by atoms with Gasteiger partial charge in [-0.05, 0) is 67.7 Å². The quantitative estimate of drug-likeness (QED) is 0.182. The summed E-state index contributed by atoms with van der Waals surface area (Å²) in [5.41, 5.74) is 4.45. The second kappa shape index (κ2) is 11.2. The molecule has 5 rings (SSSR count). The van der Waals surface area contributed by atoms with Gasteiger partial charge >= 0.3 is 10.1 Å². The molecule has 2 atom stereocenters. The highest BCUT2D eigenvalue weighted by Crippen LogP contribution is 2.61. The number of aryl methyl sites for hydroxylation is 1. The van der Waals surface area contributed by atoms with Crippen molar-refractivity contribution in [2.24, 2.45) is 0 Å². The molecular formula is C31H38NO11S4+. The number of allylic oxidation sites excluding steroid dienone is 6. The average molecular weight is 729 g/mol. The van der Waals surface area contributed by atoms with Crippen molar-refractivity contribution in [2.75, 3.05) is 23.8 Å². The maximum Gasteiger partial charge on any atom is 0.326 e. The molecule has 2 aliphatic heterocycles. The minimum Gasteiger partial charge on any atom is -0.286 e. The SMILES string of the molecule is Cc1ccc2c(c1)C(C)(C)C(C=C/C=C1\C(C)(C)c3cc(S(=O)(=O)CCS(=O)(=O)O)ccc3[N+]13CC3S(=O)(=O)O)=C2CCS(=O)(=O)O. The molecule has 1 fully saturated rings. The largest absolute Gasteiger partial charge is 0.326 e. The Balaban J connectivity index is 1.62. The summed E-state index contributed by atoms with van der Waals surface area (Å²) in [4.78, 5) is -0.192. The van der Waals surface area contributed by atoms with Crippen molar-refractivity contribution in [2.45, 2.75) is 62.1 Å². The highest BCUT2D eigenvalue weighted by molar-refractivity contribution is 7.93. The lowest BCUT2D eigenvalue weighted by Crippen LogP contribution is -2.33. The molecule has 2 heterocycles. The molecule has 256 valence electrons. The van der Waals surface area contributed by atoms with E-state index in [-0.39, 0.29) is 22.3 Å². The topological polar surface area (TPSA) is 197 Å². The van der Waals surface area contributed by atoms with Crippen LogP contribution in [0.25, 0.3) is 5.57 Å². The Morgan fingerprint density at radius 3 is 2.02 bits per heavy atom. The molecule has 2 aromatic rings. The minimum absolute atomic E-state index is 0.00229. The van der Waals surface area contributed by atoms with Gasteiger partial charge in [0.15, 0.2) is 16.4 Å². The Bertz CT molecular complexity index is 2230. The zero-order valence-electron chi connectivity index (χ0n) is 26.5. The summed E-state index contributed by atoms with van der Waals surface area (Å²) in [5, 5.41) is -1.23. The fourth-order valence-electron chi connectivity index (χ4n) is 7.18. The van der Waals surface area contributed by atoms with Gasteiger partial charge in [-0.1, -0.05) is 49.8 Å². The van der Waals surface area contributed by atoms with Crippen molar-refractivity contribution in [3.8, 4) is 0 Å². The van der Waals surface area contributed by atoms with E-state index in [1.807, 2.05) is 45.0 Å². The van der Waals surface area contributed by atoms with Gasteiger partial charge < -0.3 is 0 Å². The van der Waals surface area contributed by atoms with Crippen molar-refractivity contribution < 1.29 is 47.3 Å². The fourth-order valence-corrected chi connectivity index (χ4v) is 11.3. The molecule has 0 saturated carbocycles. The molecule has 0 bridgehead atoms. The van der Waals surface area contributed by atoms with Crippen molar-refractivity contribution in [3.63, 3.8) is 0 Å². The number of rotatable bonds is 10. The monoisotopic (exact) mass is 728 g/mol. The zero-order chi connectivity index (χ0) is 35.2. The standard InChI is InChI=1S/C31H37NO11S4/c1-20-9-11-22-23(13-14-45(35,36)37)24(30(2,3)25(22)17-20)7-6-8-28-31(4,5)26-18-21(44(33,34)15-16-46(38,39)40)10-12-27(26)32(28)19-29(32)47(41,42)43/h6-12,17-18,29H,13-16,19H2,1-5H3,(H2-,35,36,37,38,39,40,41,42,43)/p+1/b7-6?,28-8+. The molecule has 3 aliphatic rings. The summed E-state index contributed by atoms with van der Waals surface area (Å²) in [7, 11) is -17.5. The van der Waals surface area contributed by atoms with Crippen LogP contribution in [0.3, 0.4) is 0 Å². The minimum atomic E-state index is -4.54. The lowest BCUT2D eigenvalue weighted by molar-refractivity contribution is 0.464. The number of hydrogen-bond acceptors (Lipinski definition) is 8. The molecule has 0 amide bonds. The first-order valence-electron chi connectivity index (χ1n) is 14.7. The second-order valence-corrected chi connectivity index (χ2v) is 20.3. The van der Waals surface area contributed by atoms with Gasteiger partial charge in [0.2, 0.25) is 0 Å². The number of nitrogens with zero attached hydrogens (tertiary/aromatic N) is 1. The molecule has 12 nitrogen and oxygen atoms in total. The number of quaternary nitrogens is 1. The lowest BCUT2D eigenvalue weighted by Gasteiger charge is -2.24. The molecule has 0 aromatic heterocycles. The second-order valence-electron chi connectivity index (χ2n) is 13.4. The Kier molecular flexibility index (Phi) is 8.46. The van der Waals surface area contributed by atoms with Gasteiger partial charge in [-0.2, -0.15) is 25.3 Å². The summed E-state index contributed by atoms with van der Waals surface area (Å²) in [6, 6.07) is 10.0. The van der Waals surface area contributed by atoms with Gasteiger partial charge in [0, 0.05) is 17.0 Å². The van der Waals surface area contributed by atoms with Gasteiger partial charge in [-0.25, -0.2) is 12.9 Å². The lowest BCUT2D eigenvalue weighted by atomic mass is 9.80. The summed E-state index contributed by atoms with van der Waals surface area (Å²) in [5.74, 6) is -2.31. The predicted octanol–water partition coefficient (Wildman–Crippen LogP) is 3.95. The molecule has 2 unspecified atom stereocenters. The van der Waals surface area contributed by atoms with E-state index in [1.54, 1.807) is 26.0 Å². The van der Waals surface area contributed by atoms with Crippen LogP contribution in [0.5, 0.6) is 0 Å². The first-order valence-corrected chi connectivity index (χ1v) is 21.1. The van der Waals surface area contributed by atoms with Crippen LogP contribution in [0.2, 0.25) is 0 Å². The maximum absolute atomic E-state index is 13.0. The number of sulfone groups is 1. The zero-order valence-corrected chi connectivity index (χ0v) is 29.8. The average Bonchev–Trinajstić information content (AvgIpc) is 3.61. The third-order valence-corrected chi connectivity index (χ3v) is 14.2. The maximum atomic E-state index is 13.0. The van der Waals surface area contributed by atoms with Crippen LogP contribution in [-0.2, 0) is 51.0 Å². The molecule has 16 heteroatoms. The molecule has 47 heavy (non-hydrogen) atoms. The van der Waals surface area contributed by atoms with Gasteiger partial charge in [0.1, 0.15) is 11.4 Å². The number of benzene rings is 2. The van der Waals surface area contributed by atoms with Crippen LogP contribution in [0.1, 0.15) is 56.4 Å². The van der Waals surface area contributed by atoms with E-state index in [9.17, 15) is 42.8 Å². The summed E-state index contributed by atoms with van der Waals surface area (Å²) < 4.78 is 125. The molecule has 1 saturated heterocycles. The van der Waals surface area contributed by atoms with Gasteiger partial charge in [-0.3, -0.25) is 13.7 Å². The molecule has 1 spiro atoms. The first-order chi connectivity index (χ1) is 21.3. The Morgan fingerprint density at radius 2 is 1.45 bits per heavy atom. The smallest absolute Gasteiger partial charge is 0.286 e. The van der Waals surface area contributed by atoms with E-state index in [1.165, 1.54) is 18.2 Å². The van der Waals surface area contributed by atoms with E-state index >= 15 is 0 Å². The van der Waals surface area contributed by atoms with Crippen LogP contribution >= 0.6 is 0 Å². The number of fused-ring (bicyclic) bond motifs is 3. The van der Waals surface area contributed by atoms with E-state index in [2.05, 4.69) is 0 Å². The van der Waals surface area contributed by atoms with Crippen LogP contribution < -0.4 is 4.48 Å². The highest BCUT2D eigenvalue weighted by Gasteiger charge is 2.73. The Hall–Kier alpha value is -2.70. The predicted molar refractivity (Wildman–Crippen MR) is 179 cm³/mol. The first kappa shape index (κ1) is 35.6. The Labute approximate surface area is 276 Å². The highest BCUT2D eigenvalue weighted by atomic mass is 32.2. The number of hydrogen-bond donors (Lipinski definition) is 3. The third-order valence-electron chi connectivity index (χ3n) is 9.56. The van der Waals surface area contributed by atoms with E-state index in [0.717, 1.165) is 27.8 Å². The Morgan fingerprint density at radius 1 is 0.809 bits per heavy atom. The van der Waals surface area contributed by atoms with Gasteiger partial charge in [0.05, 0.1) is 27.6 Å². The third kappa shape index (κ3) is 6.41. The van der Waals surface area contributed by atoms with E-state index < -0.39 is 73.7 Å². The van der Waals surface area contributed by atoms with Crippen LogP contribution in [-0.4, -0.2) is 76.5 Å². The summed E-state index contributed by atoms with van der Waals surface area (Å²) in [6.07, 6.45) is 5.35. The van der Waals surface area contributed by atoms with Crippen molar-refractivity contribution in [1.29, 1.82) is 0 Å². The van der Waals surface area contributed by atoms with Crippen molar-refractivity contribution in [3.05, 3.63) is 88.2 Å². The van der Waals surface area contributed by atoms with E-state index in [0.29, 0.717) is 16.9 Å². The van der Waals surface area contributed by atoms with Crippen molar-refractivity contribution >= 4 is 51.5 Å². The molecule has 2 aromatic carbocycles. The summed E-state index contributed by atoms with van der Waals surface area (Å²) in [6.45, 7) is 9.55. The molecule has 1 aliphatic carbocycles. The van der Waals surface area contributed by atoms with E-state index in [4.69, 9.17) is 4.55 Å². The van der Waals surface area contributed by atoms with Crippen LogP contribution in [0.15, 0.2) is 70.8 Å². The molecular weight excluding hydrogens is 691 g/mol.